The lowest BCUT2D eigenvalue weighted by Gasteiger charge is -2.44. The Bertz CT molecular complexity index is 159. The second-order valence-corrected chi connectivity index (χ2v) is 4.11. The Kier molecular flexibility index (Phi) is 3.71. The van der Waals surface area contributed by atoms with Crippen molar-refractivity contribution in [2.24, 2.45) is 11.7 Å². The van der Waals surface area contributed by atoms with E-state index in [1.807, 2.05) is 0 Å². The van der Waals surface area contributed by atoms with Crippen LogP contribution < -0.4 is 11.1 Å². The van der Waals surface area contributed by atoms with E-state index in [-0.39, 0.29) is 12.0 Å². The van der Waals surface area contributed by atoms with Crippen LogP contribution in [0, 0.1) is 5.92 Å². The molecule has 1 saturated heterocycles. The molecule has 1 rings (SSSR count). The van der Waals surface area contributed by atoms with Gasteiger partial charge in [0.25, 0.3) is 0 Å². The number of hydrogen-bond acceptors (Lipinski definition) is 3. The van der Waals surface area contributed by atoms with Crippen molar-refractivity contribution in [2.45, 2.75) is 44.8 Å². The fraction of sp³-hybridized carbons (Fsp3) is 1.00. The van der Waals surface area contributed by atoms with Crippen molar-refractivity contribution in [2.75, 3.05) is 13.1 Å². The molecule has 4 N–H and O–H groups in total. The SMILES string of the molecule is CCC(CN)C1(O)CCCNC1C. The second kappa shape index (κ2) is 4.40. The molecule has 0 spiro atoms. The summed E-state index contributed by atoms with van der Waals surface area (Å²) >= 11 is 0. The largest absolute Gasteiger partial charge is 0.388 e. The predicted octanol–water partition coefficient (Wildman–Crippen LogP) is 0.474. The van der Waals surface area contributed by atoms with E-state index in [0.29, 0.717) is 6.54 Å². The quantitative estimate of drug-likeness (QED) is 0.600. The first-order chi connectivity index (χ1) is 6.15. The number of piperidine rings is 1. The van der Waals surface area contributed by atoms with Gasteiger partial charge in [0.1, 0.15) is 0 Å². The van der Waals surface area contributed by atoms with Gasteiger partial charge in [-0.2, -0.15) is 0 Å². The Balaban J connectivity index is 2.69. The van der Waals surface area contributed by atoms with Crippen LogP contribution in [0.3, 0.4) is 0 Å². The van der Waals surface area contributed by atoms with Crippen molar-refractivity contribution in [3.8, 4) is 0 Å². The van der Waals surface area contributed by atoms with Crippen molar-refractivity contribution in [1.82, 2.24) is 5.32 Å². The Hall–Kier alpha value is -0.120. The van der Waals surface area contributed by atoms with E-state index in [2.05, 4.69) is 19.2 Å². The van der Waals surface area contributed by atoms with Gasteiger partial charge in [0.2, 0.25) is 0 Å². The molecule has 3 atom stereocenters. The zero-order valence-corrected chi connectivity index (χ0v) is 8.71. The number of aliphatic hydroxyl groups is 1. The molecule has 0 aliphatic carbocycles. The number of nitrogens with one attached hydrogen (secondary N) is 1. The average molecular weight is 186 g/mol. The van der Waals surface area contributed by atoms with Gasteiger partial charge in [-0.3, -0.25) is 0 Å². The molecule has 3 nitrogen and oxygen atoms in total. The Morgan fingerprint density at radius 1 is 1.69 bits per heavy atom. The second-order valence-electron chi connectivity index (χ2n) is 4.11. The highest BCUT2D eigenvalue weighted by molar-refractivity contribution is 4.97. The third kappa shape index (κ3) is 2.03. The van der Waals surface area contributed by atoms with Crippen LogP contribution in [0.5, 0.6) is 0 Å². The van der Waals surface area contributed by atoms with Crippen molar-refractivity contribution in [3.05, 3.63) is 0 Å². The third-order valence-electron chi connectivity index (χ3n) is 3.44. The molecule has 13 heavy (non-hydrogen) atoms. The summed E-state index contributed by atoms with van der Waals surface area (Å²) in [7, 11) is 0. The van der Waals surface area contributed by atoms with E-state index in [9.17, 15) is 5.11 Å². The van der Waals surface area contributed by atoms with E-state index in [1.165, 1.54) is 0 Å². The Morgan fingerprint density at radius 2 is 2.38 bits per heavy atom. The van der Waals surface area contributed by atoms with E-state index in [1.54, 1.807) is 0 Å². The maximum absolute atomic E-state index is 10.5. The van der Waals surface area contributed by atoms with Crippen molar-refractivity contribution in [1.29, 1.82) is 0 Å². The zero-order chi connectivity index (χ0) is 9.90. The van der Waals surface area contributed by atoms with Crippen LogP contribution in [0.25, 0.3) is 0 Å². The smallest absolute Gasteiger partial charge is 0.0837 e. The van der Waals surface area contributed by atoms with Crippen molar-refractivity contribution >= 4 is 0 Å². The summed E-state index contributed by atoms with van der Waals surface area (Å²) in [6, 6.07) is 0.176. The lowest BCUT2D eigenvalue weighted by molar-refractivity contribution is -0.0656. The van der Waals surface area contributed by atoms with Crippen LogP contribution in [0.4, 0.5) is 0 Å². The summed E-state index contributed by atoms with van der Waals surface area (Å²) in [6.45, 7) is 5.75. The van der Waals surface area contributed by atoms with Crippen LogP contribution in [-0.2, 0) is 0 Å². The molecule has 0 aromatic rings. The first kappa shape index (κ1) is 11.0. The van der Waals surface area contributed by atoms with Gasteiger partial charge in [-0.1, -0.05) is 6.92 Å². The minimum Gasteiger partial charge on any atom is -0.388 e. The van der Waals surface area contributed by atoms with Gasteiger partial charge in [-0.15, -0.1) is 0 Å². The molecule has 0 aromatic heterocycles. The minimum atomic E-state index is -0.582. The average Bonchev–Trinajstić information content (AvgIpc) is 2.12. The van der Waals surface area contributed by atoms with E-state index < -0.39 is 5.60 Å². The molecule has 0 radical (unpaired) electrons. The lowest BCUT2D eigenvalue weighted by Crippen LogP contribution is -2.58. The number of hydrogen-bond donors (Lipinski definition) is 3. The highest BCUT2D eigenvalue weighted by Gasteiger charge is 2.41. The van der Waals surface area contributed by atoms with Crippen LogP contribution in [0.2, 0.25) is 0 Å². The molecule has 1 aliphatic rings. The molecule has 1 fully saturated rings. The van der Waals surface area contributed by atoms with Gasteiger partial charge < -0.3 is 16.2 Å². The fourth-order valence-electron chi connectivity index (χ4n) is 2.37. The summed E-state index contributed by atoms with van der Waals surface area (Å²) in [5.74, 6) is 0.232. The van der Waals surface area contributed by atoms with Crippen LogP contribution >= 0.6 is 0 Å². The molecule has 78 valence electrons. The molecule has 3 unspecified atom stereocenters. The first-order valence-corrected chi connectivity index (χ1v) is 5.31. The lowest BCUT2D eigenvalue weighted by atomic mass is 9.75. The Morgan fingerprint density at radius 3 is 2.85 bits per heavy atom. The van der Waals surface area contributed by atoms with E-state index in [0.717, 1.165) is 25.8 Å². The van der Waals surface area contributed by atoms with Crippen LogP contribution in [-0.4, -0.2) is 29.8 Å². The van der Waals surface area contributed by atoms with E-state index >= 15 is 0 Å². The normalized spacial score (nSPS) is 37.4. The topological polar surface area (TPSA) is 58.3 Å². The van der Waals surface area contributed by atoms with Gasteiger partial charge in [0, 0.05) is 12.0 Å². The standard InChI is InChI=1S/C10H22N2O/c1-3-9(7-11)10(13)5-4-6-12-8(10)2/h8-9,12-13H,3-7,11H2,1-2H3. The molecule has 3 heteroatoms. The molecular weight excluding hydrogens is 164 g/mol. The predicted molar refractivity (Wildman–Crippen MR) is 54.5 cm³/mol. The third-order valence-corrected chi connectivity index (χ3v) is 3.44. The van der Waals surface area contributed by atoms with Crippen molar-refractivity contribution in [3.63, 3.8) is 0 Å². The molecule has 0 aromatic carbocycles. The van der Waals surface area contributed by atoms with Crippen LogP contribution in [0.1, 0.15) is 33.1 Å². The maximum Gasteiger partial charge on any atom is 0.0837 e. The van der Waals surface area contributed by atoms with Gasteiger partial charge in [0.05, 0.1) is 5.60 Å². The van der Waals surface area contributed by atoms with Gasteiger partial charge in [-0.25, -0.2) is 0 Å². The summed E-state index contributed by atoms with van der Waals surface area (Å²) in [6.07, 6.45) is 2.90. The minimum absolute atomic E-state index is 0.176. The first-order valence-electron chi connectivity index (χ1n) is 5.31. The highest BCUT2D eigenvalue weighted by atomic mass is 16.3. The van der Waals surface area contributed by atoms with Gasteiger partial charge in [0.15, 0.2) is 0 Å². The molecule has 0 amide bonds. The summed E-state index contributed by atoms with van der Waals surface area (Å²) in [5.41, 5.74) is 5.09. The van der Waals surface area contributed by atoms with E-state index in [4.69, 9.17) is 5.73 Å². The van der Waals surface area contributed by atoms with Gasteiger partial charge in [-0.05, 0) is 39.3 Å². The van der Waals surface area contributed by atoms with Gasteiger partial charge >= 0.3 is 0 Å². The highest BCUT2D eigenvalue weighted by Crippen LogP contribution is 2.31. The summed E-state index contributed by atoms with van der Waals surface area (Å²) in [5, 5.41) is 13.8. The van der Waals surface area contributed by atoms with Crippen molar-refractivity contribution < 1.29 is 5.11 Å². The fourth-order valence-corrected chi connectivity index (χ4v) is 2.37. The number of rotatable bonds is 3. The summed E-state index contributed by atoms with van der Waals surface area (Å²) in [4.78, 5) is 0. The molecular formula is C10H22N2O. The number of nitrogens with two attached hydrogens (primary N) is 1. The van der Waals surface area contributed by atoms with Crippen LogP contribution in [0.15, 0.2) is 0 Å². The monoisotopic (exact) mass is 186 g/mol. The maximum atomic E-state index is 10.5. The molecule has 1 heterocycles. The summed E-state index contributed by atoms with van der Waals surface area (Å²) < 4.78 is 0. The zero-order valence-electron chi connectivity index (χ0n) is 8.71. The molecule has 1 aliphatic heterocycles. The molecule has 0 saturated carbocycles. The Labute approximate surface area is 80.7 Å². The molecule has 0 bridgehead atoms.